The monoisotopic (exact) mass is 762 g/mol. The van der Waals surface area contributed by atoms with Crippen LogP contribution in [0.25, 0.3) is 0 Å². The third-order valence-corrected chi connectivity index (χ3v) is 10.8. The van der Waals surface area contributed by atoms with Crippen LogP contribution in [0.2, 0.25) is 0 Å². The molecule has 0 aliphatic heterocycles. The third kappa shape index (κ3) is 37.3. The van der Waals surface area contributed by atoms with E-state index < -0.39 is 18.2 Å². The summed E-state index contributed by atoms with van der Waals surface area (Å²) in [5.41, 5.74) is 0. The lowest BCUT2D eigenvalue weighted by Gasteiger charge is -2.24. The molecule has 6 heteroatoms. The molecule has 3 atom stereocenters. The fourth-order valence-corrected chi connectivity index (χ4v) is 7.19. The van der Waals surface area contributed by atoms with E-state index in [1.807, 2.05) is 0 Å². The first-order valence-electron chi connectivity index (χ1n) is 23.6. The number of carbonyl (C=O) groups excluding carboxylic acids is 2. The number of carbonyl (C=O) groups is 2. The molecule has 0 radical (unpaired) electrons. The van der Waals surface area contributed by atoms with Gasteiger partial charge in [-0.05, 0) is 51.4 Å². The van der Waals surface area contributed by atoms with Crippen LogP contribution in [0.5, 0.6) is 0 Å². The summed E-state index contributed by atoms with van der Waals surface area (Å²) in [5.74, 6) is -0.482. The molecule has 0 rings (SSSR count). The quantitative estimate of drug-likeness (QED) is 0.0327. The summed E-state index contributed by atoms with van der Waals surface area (Å²) < 4.78 is 5.89. The number of hydrogen-bond acceptors (Lipinski definition) is 5. The van der Waals surface area contributed by atoms with Crippen LogP contribution in [0.1, 0.15) is 245 Å². The van der Waals surface area contributed by atoms with Crippen molar-refractivity contribution in [1.29, 1.82) is 0 Å². The second-order valence-corrected chi connectivity index (χ2v) is 16.2. The smallest absolute Gasteiger partial charge is 0.306 e. The molecule has 6 nitrogen and oxygen atoms in total. The van der Waals surface area contributed by atoms with Crippen LogP contribution in [0.3, 0.4) is 0 Å². The number of hydrogen-bond donors (Lipinski definition) is 3. The van der Waals surface area contributed by atoms with E-state index in [2.05, 4.69) is 50.4 Å². The molecular weight excluding hydrogens is 671 g/mol. The molecule has 1 amide bonds. The minimum Gasteiger partial charge on any atom is -0.462 e. The lowest BCUT2D eigenvalue weighted by molar-refractivity contribution is -0.151. The van der Waals surface area contributed by atoms with Gasteiger partial charge in [0.1, 0.15) is 6.10 Å². The van der Waals surface area contributed by atoms with Gasteiger partial charge in [0, 0.05) is 6.42 Å². The van der Waals surface area contributed by atoms with E-state index in [9.17, 15) is 19.8 Å². The molecule has 0 bridgehead atoms. The Balaban J connectivity index is 4.47. The summed E-state index contributed by atoms with van der Waals surface area (Å²) in [4.78, 5) is 25.9. The van der Waals surface area contributed by atoms with Crippen molar-refractivity contribution >= 4 is 11.9 Å². The van der Waals surface area contributed by atoms with Gasteiger partial charge in [-0.3, -0.25) is 9.59 Å². The number of rotatable bonds is 42. The molecule has 0 aliphatic carbocycles. The Morgan fingerprint density at radius 2 is 0.926 bits per heavy atom. The van der Waals surface area contributed by atoms with Crippen LogP contribution >= 0.6 is 0 Å². The van der Waals surface area contributed by atoms with Crippen molar-refractivity contribution in [1.82, 2.24) is 5.32 Å². The highest BCUT2D eigenvalue weighted by Gasteiger charge is 2.24. The van der Waals surface area contributed by atoms with E-state index in [-0.39, 0.29) is 24.9 Å². The van der Waals surface area contributed by atoms with Gasteiger partial charge in [-0.2, -0.15) is 0 Å². The summed E-state index contributed by atoms with van der Waals surface area (Å²) in [7, 11) is 0. The Bertz CT molecular complexity index is 858. The first-order valence-corrected chi connectivity index (χ1v) is 23.6. The molecular formula is C48H91NO5. The van der Waals surface area contributed by atoms with E-state index in [1.54, 1.807) is 0 Å². The Kier molecular flexibility index (Phi) is 41.2. The lowest BCUT2D eigenvalue weighted by Crippen LogP contribution is -2.46. The van der Waals surface area contributed by atoms with E-state index in [0.29, 0.717) is 19.3 Å². The highest BCUT2D eigenvalue weighted by molar-refractivity contribution is 5.77. The fraction of sp³-hybridized carbons (Fsp3) is 0.875. The van der Waals surface area contributed by atoms with E-state index in [1.165, 1.54) is 148 Å². The molecule has 0 aliphatic rings. The lowest BCUT2D eigenvalue weighted by atomic mass is 10.0. The molecule has 318 valence electrons. The molecule has 0 aromatic carbocycles. The van der Waals surface area contributed by atoms with Crippen molar-refractivity contribution in [2.24, 2.45) is 0 Å². The van der Waals surface area contributed by atoms with Gasteiger partial charge in [0.2, 0.25) is 5.91 Å². The molecule has 0 fully saturated rings. The first-order chi connectivity index (χ1) is 26.5. The van der Waals surface area contributed by atoms with Crippen molar-refractivity contribution in [2.45, 2.75) is 264 Å². The highest BCUT2D eigenvalue weighted by Crippen LogP contribution is 2.18. The van der Waals surface area contributed by atoms with Gasteiger partial charge in [0.15, 0.2) is 0 Å². The van der Waals surface area contributed by atoms with E-state index >= 15 is 0 Å². The standard InChI is InChI=1S/C48H91NO5/c1-4-7-10-13-16-19-21-23-24-25-27-29-32-35-38-41-48(53)54-44(39-36-33-30-18-15-12-9-6-3)42-47(52)49-45(43-50)46(51)40-37-34-31-28-26-22-20-17-14-11-8-5-2/h16,19,21,23,44-46,50-51H,4-15,17-18,20,22,24-43H2,1-3H3,(H,49,52)/b19-16+,23-21+. The Labute approximate surface area is 335 Å². The first kappa shape index (κ1) is 52.3. The number of unbranched alkanes of at least 4 members (excludes halogenated alkanes) is 27. The largest absolute Gasteiger partial charge is 0.462 e. The summed E-state index contributed by atoms with van der Waals surface area (Å²) >= 11 is 0. The number of aliphatic hydroxyl groups is 2. The topological polar surface area (TPSA) is 95.9 Å². The number of amides is 1. The number of aliphatic hydroxyl groups excluding tert-OH is 2. The zero-order valence-corrected chi connectivity index (χ0v) is 36.1. The van der Waals surface area contributed by atoms with Gasteiger partial charge < -0.3 is 20.3 Å². The van der Waals surface area contributed by atoms with Gasteiger partial charge in [-0.25, -0.2) is 0 Å². The molecule has 54 heavy (non-hydrogen) atoms. The molecule has 3 unspecified atom stereocenters. The third-order valence-electron chi connectivity index (χ3n) is 10.8. The van der Waals surface area contributed by atoms with E-state index in [4.69, 9.17) is 4.74 Å². The molecule has 3 N–H and O–H groups in total. The maximum Gasteiger partial charge on any atom is 0.306 e. The fourth-order valence-electron chi connectivity index (χ4n) is 7.19. The number of ether oxygens (including phenoxy) is 1. The predicted octanol–water partition coefficient (Wildman–Crippen LogP) is 13.6. The number of esters is 1. The van der Waals surface area contributed by atoms with Crippen LogP contribution in [0, 0.1) is 0 Å². The normalized spacial score (nSPS) is 13.5. The summed E-state index contributed by atoms with van der Waals surface area (Å²) in [6.45, 7) is 6.42. The molecule has 0 saturated carbocycles. The minimum absolute atomic E-state index is 0.0765. The Morgan fingerprint density at radius 3 is 1.41 bits per heavy atom. The van der Waals surface area contributed by atoms with Crippen LogP contribution in [0.15, 0.2) is 24.3 Å². The molecule has 0 heterocycles. The average Bonchev–Trinajstić information content (AvgIpc) is 3.16. The maximum atomic E-state index is 13.1. The Hall–Kier alpha value is -1.66. The van der Waals surface area contributed by atoms with Crippen molar-refractivity contribution < 1.29 is 24.5 Å². The number of nitrogens with one attached hydrogen (secondary N) is 1. The van der Waals surface area contributed by atoms with Gasteiger partial charge >= 0.3 is 5.97 Å². The number of allylic oxidation sites excluding steroid dienone is 4. The molecule has 0 aromatic rings. The van der Waals surface area contributed by atoms with Gasteiger partial charge in [0.25, 0.3) is 0 Å². The molecule has 0 spiro atoms. The zero-order valence-electron chi connectivity index (χ0n) is 36.1. The van der Waals surface area contributed by atoms with Gasteiger partial charge in [-0.15, -0.1) is 0 Å². The van der Waals surface area contributed by atoms with Crippen molar-refractivity contribution in [3.63, 3.8) is 0 Å². The van der Waals surface area contributed by atoms with Gasteiger partial charge in [0.05, 0.1) is 25.2 Å². The van der Waals surface area contributed by atoms with Crippen LogP contribution in [-0.2, 0) is 14.3 Å². The summed E-state index contributed by atoms with van der Waals surface area (Å²) in [5, 5.41) is 23.6. The SMILES string of the molecule is CCCCC/C=C/C=C/CCCCCCCCC(=O)OC(CCCCCCCCCC)CC(=O)NC(CO)C(O)CCCCCCCCCCCCCC. The van der Waals surface area contributed by atoms with Crippen LogP contribution < -0.4 is 5.32 Å². The minimum atomic E-state index is -0.783. The van der Waals surface area contributed by atoms with Crippen LogP contribution in [-0.4, -0.2) is 46.9 Å². The average molecular weight is 762 g/mol. The second kappa shape index (κ2) is 42.5. The van der Waals surface area contributed by atoms with Gasteiger partial charge in [-0.1, -0.05) is 206 Å². The molecule has 0 aromatic heterocycles. The predicted molar refractivity (Wildman–Crippen MR) is 232 cm³/mol. The van der Waals surface area contributed by atoms with Crippen molar-refractivity contribution in [3.05, 3.63) is 24.3 Å². The van der Waals surface area contributed by atoms with E-state index in [0.717, 1.165) is 51.4 Å². The summed E-state index contributed by atoms with van der Waals surface area (Å²) in [6.07, 6.45) is 46.6. The summed E-state index contributed by atoms with van der Waals surface area (Å²) in [6, 6.07) is -0.696. The Morgan fingerprint density at radius 1 is 0.537 bits per heavy atom. The molecule has 0 saturated heterocycles. The second-order valence-electron chi connectivity index (χ2n) is 16.2. The van der Waals surface area contributed by atoms with Crippen LogP contribution in [0.4, 0.5) is 0 Å². The zero-order chi connectivity index (χ0) is 39.6. The van der Waals surface area contributed by atoms with Crippen molar-refractivity contribution in [2.75, 3.05) is 6.61 Å². The maximum absolute atomic E-state index is 13.1. The highest BCUT2D eigenvalue weighted by atomic mass is 16.5. The van der Waals surface area contributed by atoms with Crippen molar-refractivity contribution in [3.8, 4) is 0 Å².